The maximum Gasteiger partial charge on any atom is 0.186 e. The Labute approximate surface area is 110 Å². The van der Waals surface area contributed by atoms with E-state index in [2.05, 4.69) is 11.0 Å². The molecule has 2 aromatic rings. The van der Waals surface area contributed by atoms with E-state index in [4.69, 9.17) is 15.5 Å². The number of aromatic nitrogens is 1. The van der Waals surface area contributed by atoms with Crippen LogP contribution in [0, 0.1) is 0 Å². The van der Waals surface area contributed by atoms with Crippen LogP contribution in [0.4, 0.5) is 5.13 Å². The van der Waals surface area contributed by atoms with Gasteiger partial charge in [0.05, 0.1) is 11.8 Å². The van der Waals surface area contributed by atoms with E-state index in [1.165, 1.54) is 4.70 Å². The van der Waals surface area contributed by atoms with Crippen LogP contribution >= 0.6 is 11.3 Å². The largest absolute Gasteiger partial charge is 0.494 e. The molecule has 2 N–H and O–H groups in total. The van der Waals surface area contributed by atoms with Gasteiger partial charge in [-0.05, 0) is 25.0 Å². The van der Waals surface area contributed by atoms with Gasteiger partial charge in [0.1, 0.15) is 11.3 Å². The molecule has 1 aliphatic heterocycles. The van der Waals surface area contributed by atoms with E-state index in [1.807, 2.05) is 12.1 Å². The van der Waals surface area contributed by atoms with Crippen LogP contribution in [-0.2, 0) is 0 Å². The van der Waals surface area contributed by atoms with E-state index in [9.17, 15) is 0 Å². The molecule has 18 heavy (non-hydrogen) atoms. The predicted octanol–water partition coefficient (Wildman–Crippen LogP) is 2.23. The molecule has 0 spiro atoms. The van der Waals surface area contributed by atoms with Crippen LogP contribution in [0.25, 0.3) is 10.2 Å². The van der Waals surface area contributed by atoms with Gasteiger partial charge in [0, 0.05) is 19.1 Å². The Kier molecular flexibility index (Phi) is 3.09. The fourth-order valence-corrected chi connectivity index (χ4v) is 3.34. The van der Waals surface area contributed by atoms with Crippen molar-refractivity contribution < 1.29 is 4.74 Å². The standard InChI is InChI=1S/C13H17N3OS/c1-17-10-3-2-4-11-12(10)15-13(18-11)16-7-5-9(14)6-8-16/h2-4,9H,5-8,14H2,1H3. The van der Waals surface area contributed by atoms with Gasteiger partial charge < -0.3 is 15.4 Å². The minimum atomic E-state index is 0.352. The molecule has 0 radical (unpaired) electrons. The summed E-state index contributed by atoms with van der Waals surface area (Å²) in [5.74, 6) is 0.851. The zero-order valence-electron chi connectivity index (χ0n) is 10.4. The van der Waals surface area contributed by atoms with Gasteiger partial charge in [-0.25, -0.2) is 4.98 Å². The number of benzene rings is 1. The molecular weight excluding hydrogens is 246 g/mol. The van der Waals surface area contributed by atoms with Crippen LogP contribution in [0.1, 0.15) is 12.8 Å². The highest BCUT2D eigenvalue weighted by atomic mass is 32.1. The third kappa shape index (κ3) is 2.04. The zero-order valence-corrected chi connectivity index (χ0v) is 11.2. The normalized spacial score (nSPS) is 17.3. The van der Waals surface area contributed by atoms with Gasteiger partial charge in [0.2, 0.25) is 0 Å². The van der Waals surface area contributed by atoms with Gasteiger partial charge in [-0.3, -0.25) is 0 Å². The molecule has 2 heterocycles. The summed E-state index contributed by atoms with van der Waals surface area (Å²) in [6.45, 7) is 2.01. The lowest BCUT2D eigenvalue weighted by molar-refractivity contribution is 0.419. The smallest absolute Gasteiger partial charge is 0.186 e. The minimum absolute atomic E-state index is 0.352. The average molecular weight is 263 g/mol. The Morgan fingerprint density at radius 1 is 1.39 bits per heavy atom. The van der Waals surface area contributed by atoms with Crippen molar-refractivity contribution in [2.45, 2.75) is 18.9 Å². The van der Waals surface area contributed by atoms with Crippen molar-refractivity contribution in [3.05, 3.63) is 18.2 Å². The molecule has 0 aliphatic carbocycles. The number of hydrogen-bond donors (Lipinski definition) is 1. The van der Waals surface area contributed by atoms with Gasteiger partial charge in [-0.1, -0.05) is 17.4 Å². The van der Waals surface area contributed by atoms with Crippen LogP contribution < -0.4 is 15.4 Å². The molecule has 1 aromatic heterocycles. The summed E-state index contributed by atoms with van der Waals surface area (Å²) in [6.07, 6.45) is 2.10. The second-order valence-corrected chi connectivity index (χ2v) is 5.64. The molecule has 0 amide bonds. The fourth-order valence-electron chi connectivity index (χ4n) is 2.30. The first-order valence-corrected chi connectivity index (χ1v) is 7.03. The zero-order chi connectivity index (χ0) is 12.5. The van der Waals surface area contributed by atoms with Crippen molar-refractivity contribution in [3.8, 4) is 5.75 Å². The number of rotatable bonds is 2. The number of methoxy groups -OCH3 is 1. The number of nitrogens with zero attached hydrogens (tertiary/aromatic N) is 2. The molecule has 4 nitrogen and oxygen atoms in total. The molecule has 96 valence electrons. The molecule has 1 aromatic carbocycles. The summed E-state index contributed by atoms with van der Waals surface area (Å²) < 4.78 is 6.53. The van der Waals surface area contributed by atoms with E-state index in [-0.39, 0.29) is 0 Å². The Morgan fingerprint density at radius 3 is 2.89 bits per heavy atom. The van der Waals surface area contributed by atoms with Gasteiger partial charge in [-0.2, -0.15) is 0 Å². The van der Waals surface area contributed by atoms with Crippen LogP contribution in [0.15, 0.2) is 18.2 Å². The average Bonchev–Trinajstić information content (AvgIpc) is 2.83. The number of hydrogen-bond acceptors (Lipinski definition) is 5. The number of anilines is 1. The van der Waals surface area contributed by atoms with E-state index in [1.54, 1.807) is 18.4 Å². The number of piperidine rings is 1. The first kappa shape index (κ1) is 11.7. The fraction of sp³-hybridized carbons (Fsp3) is 0.462. The third-order valence-corrected chi connectivity index (χ3v) is 4.48. The molecule has 0 saturated carbocycles. The Hall–Kier alpha value is -1.33. The molecule has 5 heteroatoms. The Morgan fingerprint density at radius 2 is 2.17 bits per heavy atom. The first-order valence-electron chi connectivity index (χ1n) is 6.22. The molecule has 0 bridgehead atoms. The molecule has 1 aliphatic rings. The van der Waals surface area contributed by atoms with E-state index >= 15 is 0 Å². The quantitative estimate of drug-likeness (QED) is 0.902. The number of thiazole rings is 1. The summed E-state index contributed by atoms with van der Waals surface area (Å²) in [6, 6.07) is 6.41. The van der Waals surface area contributed by atoms with Gasteiger partial charge in [-0.15, -0.1) is 0 Å². The Bertz CT molecular complexity index is 546. The van der Waals surface area contributed by atoms with E-state index in [0.717, 1.165) is 42.3 Å². The van der Waals surface area contributed by atoms with Crippen LogP contribution in [0.2, 0.25) is 0 Å². The molecule has 0 atom stereocenters. The lowest BCUT2D eigenvalue weighted by Crippen LogP contribution is -2.39. The summed E-state index contributed by atoms with van der Waals surface area (Å²) in [7, 11) is 1.69. The number of para-hydroxylation sites is 1. The number of fused-ring (bicyclic) bond motifs is 1. The first-order chi connectivity index (χ1) is 8.78. The topological polar surface area (TPSA) is 51.4 Å². The summed E-state index contributed by atoms with van der Waals surface area (Å²) in [5.41, 5.74) is 6.90. The maximum absolute atomic E-state index is 5.93. The highest BCUT2D eigenvalue weighted by Crippen LogP contribution is 2.34. The van der Waals surface area contributed by atoms with E-state index < -0.39 is 0 Å². The molecule has 1 fully saturated rings. The minimum Gasteiger partial charge on any atom is -0.494 e. The second-order valence-electron chi connectivity index (χ2n) is 4.63. The van der Waals surface area contributed by atoms with Crippen LogP contribution in [-0.4, -0.2) is 31.2 Å². The molecule has 0 unspecified atom stereocenters. The van der Waals surface area contributed by atoms with Crippen LogP contribution in [0.5, 0.6) is 5.75 Å². The van der Waals surface area contributed by atoms with Crippen molar-refractivity contribution in [2.24, 2.45) is 5.73 Å². The van der Waals surface area contributed by atoms with Crippen molar-refractivity contribution in [1.82, 2.24) is 4.98 Å². The van der Waals surface area contributed by atoms with Crippen LogP contribution in [0.3, 0.4) is 0 Å². The monoisotopic (exact) mass is 263 g/mol. The summed E-state index contributed by atoms with van der Waals surface area (Å²) in [4.78, 5) is 7.04. The summed E-state index contributed by atoms with van der Waals surface area (Å²) in [5, 5.41) is 1.08. The number of ether oxygens (including phenoxy) is 1. The third-order valence-electron chi connectivity index (χ3n) is 3.40. The molecule has 1 saturated heterocycles. The van der Waals surface area contributed by atoms with Crippen molar-refractivity contribution in [3.63, 3.8) is 0 Å². The molecule has 3 rings (SSSR count). The van der Waals surface area contributed by atoms with Gasteiger partial charge >= 0.3 is 0 Å². The Balaban J connectivity index is 1.93. The highest BCUT2D eigenvalue weighted by molar-refractivity contribution is 7.22. The van der Waals surface area contributed by atoms with Gasteiger partial charge in [0.25, 0.3) is 0 Å². The van der Waals surface area contributed by atoms with Gasteiger partial charge in [0.15, 0.2) is 5.13 Å². The lowest BCUT2D eigenvalue weighted by Gasteiger charge is -2.29. The highest BCUT2D eigenvalue weighted by Gasteiger charge is 2.19. The van der Waals surface area contributed by atoms with Crippen molar-refractivity contribution in [2.75, 3.05) is 25.1 Å². The van der Waals surface area contributed by atoms with Crippen molar-refractivity contribution in [1.29, 1.82) is 0 Å². The lowest BCUT2D eigenvalue weighted by atomic mass is 10.1. The predicted molar refractivity (Wildman–Crippen MR) is 75.6 cm³/mol. The maximum atomic E-state index is 5.93. The second kappa shape index (κ2) is 4.74. The van der Waals surface area contributed by atoms with E-state index in [0.29, 0.717) is 6.04 Å². The van der Waals surface area contributed by atoms with Crippen molar-refractivity contribution >= 4 is 26.7 Å². The summed E-state index contributed by atoms with van der Waals surface area (Å²) >= 11 is 1.73. The molecular formula is C13H17N3OS. The number of nitrogens with two attached hydrogens (primary N) is 1. The SMILES string of the molecule is COc1cccc2sc(N3CCC(N)CC3)nc12.